The van der Waals surface area contributed by atoms with Crippen molar-refractivity contribution in [1.29, 1.82) is 0 Å². The fourth-order valence-electron chi connectivity index (χ4n) is 0.767. The van der Waals surface area contributed by atoms with Crippen LogP contribution in [0.3, 0.4) is 0 Å². The highest BCUT2D eigenvalue weighted by Crippen LogP contribution is 2.09. The van der Waals surface area contributed by atoms with Crippen LogP contribution in [0.1, 0.15) is 31.5 Å². The zero-order valence-corrected chi connectivity index (χ0v) is 8.14. The topological polar surface area (TPSA) is 51.0 Å². The Hall–Kier alpha value is -0.550. The normalized spacial score (nSPS) is 11.0. The number of nitrogens with zero attached hydrogens (tertiary/aromatic N) is 2. The Morgan fingerprint density at radius 2 is 2.33 bits per heavy atom. The lowest BCUT2D eigenvalue weighted by Crippen LogP contribution is -2.04. The van der Waals surface area contributed by atoms with E-state index in [4.69, 9.17) is 4.52 Å². The zero-order chi connectivity index (χ0) is 8.97. The van der Waals surface area contributed by atoms with Crippen molar-refractivity contribution >= 4 is 12.8 Å². The number of hydrogen-bond donors (Lipinski definition) is 2. The van der Waals surface area contributed by atoms with Crippen LogP contribution in [0, 0.1) is 0 Å². The first-order chi connectivity index (χ1) is 5.74. The Kier molecular flexibility index (Phi) is 3.55. The standard InChI is InChI=1S/C7H13N3OS/c1-5(2)7-9-6(11-10-7)3-4-8-12/h5,8,12H,3-4H2,1-2H3. The van der Waals surface area contributed by atoms with Gasteiger partial charge in [-0.1, -0.05) is 31.8 Å². The Morgan fingerprint density at radius 1 is 1.58 bits per heavy atom. The lowest BCUT2D eigenvalue weighted by molar-refractivity contribution is 0.372. The van der Waals surface area contributed by atoms with Gasteiger partial charge in [-0.3, -0.25) is 4.72 Å². The fraction of sp³-hybridized carbons (Fsp3) is 0.714. The zero-order valence-electron chi connectivity index (χ0n) is 7.24. The van der Waals surface area contributed by atoms with E-state index in [0.717, 1.165) is 18.8 Å². The van der Waals surface area contributed by atoms with E-state index >= 15 is 0 Å². The van der Waals surface area contributed by atoms with Crippen LogP contribution in [0.15, 0.2) is 4.52 Å². The smallest absolute Gasteiger partial charge is 0.227 e. The van der Waals surface area contributed by atoms with Crippen molar-refractivity contribution in [3.63, 3.8) is 0 Å². The van der Waals surface area contributed by atoms with E-state index < -0.39 is 0 Å². The molecule has 0 saturated carbocycles. The number of thiol groups is 1. The first-order valence-electron chi connectivity index (χ1n) is 3.93. The lowest BCUT2D eigenvalue weighted by atomic mass is 10.2. The summed E-state index contributed by atoms with van der Waals surface area (Å²) in [4.78, 5) is 4.20. The second-order valence-corrected chi connectivity index (χ2v) is 3.18. The van der Waals surface area contributed by atoms with Crippen LogP contribution in [0.4, 0.5) is 0 Å². The molecule has 12 heavy (non-hydrogen) atoms. The molecule has 0 fully saturated rings. The van der Waals surface area contributed by atoms with Crippen LogP contribution in [0.2, 0.25) is 0 Å². The van der Waals surface area contributed by atoms with Gasteiger partial charge in [0, 0.05) is 18.9 Å². The molecule has 0 aliphatic rings. The molecule has 5 heteroatoms. The molecule has 0 radical (unpaired) electrons. The molecule has 1 rings (SSSR count). The highest BCUT2D eigenvalue weighted by atomic mass is 32.1. The van der Waals surface area contributed by atoms with Crippen molar-refractivity contribution in [3.05, 3.63) is 11.7 Å². The van der Waals surface area contributed by atoms with Crippen molar-refractivity contribution in [2.45, 2.75) is 26.2 Å². The van der Waals surface area contributed by atoms with Crippen LogP contribution in [-0.4, -0.2) is 16.7 Å². The van der Waals surface area contributed by atoms with Crippen molar-refractivity contribution in [3.8, 4) is 0 Å². The molecular formula is C7H13N3OS. The van der Waals surface area contributed by atoms with Crippen LogP contribution < -0.4 is 4.72 Å². The molecule has 1 aromatic rings. The van der Waals surface area contributed by atoms with Gasteiger partial charge in [-0.25, -0.2) is 0 Å². The van der Waals surface area contributed by atoms with E-state index in [1.807, 2.05) is 13.8 Å². The minimum absolute atomic E-state index is 0.325. The largest absolute Gasteiger partial charge is 0.339 e. The average Bonchev–Trinajstić information content (AvgIpc) is 2.48. The number of nitrogens with one attached hydrogen (secondary N) is 1. The Bertz CT molecular complexity index is 236. The summed E-state index contributed by atoms with van der Waals surface area (Å²) >= 11 is 3.86. The Morgan fingerprint density at radius 3 is 2.83 bits per heavy atom. The molecule has 1 N–H and O–H groups in total. The predicted molar refractivity (Wildman–Crippen MR) is 49.1 cm³/mol. The van der Waals surface area contributed by atoms with Gasteiger partial charge in [0.05, 0.1) is 0 Å². The van der Waals surface area contributed by atoms with Gasteiger partial charge in [-0.2, -0.15) is 4.98 Å². The van der Waals surface area contributed by atoms with Crippen molar-refractivity contribution in [2.24, 2.45) is 0 Å². The molecule has 0 aromatic carbocycles. The first kappa shape index (κ1) is 9.54. The van der Waals surface area contributed by atoms with E-state index in [2.05, 4.69) is 27.7 Å². The summed E-state index contributed by atoms with van der Waals surface area (Å²) in [6.07, 6.45) is 0.725. The van der Waals surface area contributed by atoms with Gasteiger partial charge >= 0.3 is 0 Å². The molecule has 68 valence electrons. The maximum atomic E-state index is 4.99. The quantitative estimate of drug-likeness (QED) is 0.695. The third kappa shape index (κ3) is 2.49. The molecule has 0 atom stereocenters. The molecule has 0 aliphatic heterocycles. The van der Waals surface area contributed by atoms with Crippen LogP contribution in [-0.2, 0) is 6.42 Å². The maximum absolute atomic E-state index is 4.99. The van der Waals surface area contributed by atoms with E-state index in [1.54, 1.807) is 0 Å². The molecule has 4 nitrogen and oxygen atoms in total. The van der Waals surface area contributed by atoms with Gasteiger partial charge in [0.2, 0.25) is 5.89 Å². The third-order valence-electron chi connectivity index (χ3n) is 1.45. The summed E-state index contributed by atoms with van der Waals surface area (Å²) in [5, 5.41) is 3.83. The third-order valence-corrected chi connectivity index (χ3v) is 1.67. The fourth-order valence-corrected chi connectivity index (χ4v) is 0.879. The van der Waals surface area contributed by atoms with Gasteiger partial charge < -0.3 is 4.52 Å². The highest BCUT2D eigenvalue weighted by Gasteiger charge is 2.08. The van der Waals surface area contributed by atoms with Crippen LogP contribution in [0.5, 0.6) is 0 Å². The lowest BCUT2D eigenvalue weighted by Gasteiger charge is -1.92. The van der Waals surface area contributed by atoms with Gasteiger partial charge in [0.25, 0.3) is 0 Å². The van der Waals surface area contributed by atoms with E-state index in [9.17, 15) is 0 Å². The SMILES string of the molecule is CC(C)c1noc(CCNS)n1. The summed E-state index contributed by atoms with van der Waals surface area (Å²) in [6.45, 7) is 4.81. The molecule has 1 heterocycles. The van der Waals surface area contributed by atoms with Gasteiger partial charge in [-0.15, -0.1) is 0 Å². The van der Waals surface area contributed by atoms with Crippen molar-refractivity contribution < 1.29 is 4.52 Å². The molecular weight excluding hydrogens is 174 g/mol. The van der Waals surface area contributed by atoms with Gasteiger partial charge in [-0.05, 0) is 0 Å². The van der Waals surface area contributed by atoms with Crippen LogP contribution >= 0.6 is 12.8 Å². The Balaban J connectivity index is 2.52. The van der Waals surface area contributed by atoms with Crippen molar-refractivity contribution in [2.75, 3.05) is 6.54 Å². The van der Waals surface area contributed by atoms with Gasteiger partial charge in [0.1, 0.15) is 0 Å². The monoisotopic (exact) mass is 187 g/mol. The second-order valence-electron chi connectivity index (χ2n) is 2.86. The summed E-state index contributed by atoms with van der Waals surface area (Å²) in [5.74, 6) is 1.76. The summed E-state index contributed by atoms with van der Waals surface area (Å²) in [7, 11) is 0. The second kappa shape index (κ2) is 4.47. The number of aromatic nitrogens is 2. The minimum Gasteiger partial charge on any atom is -0.339 e. The van der Waals surface area contributed by atoms with E-state index in [0.29, 0.717) is 11.8 Å². The van der Waals surface area contributed by atoms with Crippen molar-refractivity contribution in [1.82, 2.24) is 14.9 Å². The van der Waals surface area contributed by atoms with E-state index in [1.165, 1.54) is 0 Å². The number of rotatable bonds is 4. The highest BCUT2D eigenvalue weighted by molar-refractivity contribution is 7.78. The summed E-state index contributed by atoms with van der Waals surface area (Å²) in [6, 6.07) is 0. The molecule has 0 saturated heterocycles. The van der Waals surface area contributed by atoms with Crippen LogP contribution in [0.25, 0.3) is 0 Å². The van der Waals surface area contributed by atoms with Gasteiger partial charge in [0.15, 0.2) is 5.82 Å². The molecule has 0 aliphatic carbocycles. The molecule has 0 amide bonds. The predicted octanol–water partition coefficient (Wildman–Crippen LogP) is 1.17. The first-order valence-corrected chi connectivity index (χ1v) is 4.38. The average molecular weight is 187 g/mol. The number of hydrogen-bond acceptors (Lipinski definition) is 5. The molecule has 0 spiro atoms. The maximum Gasteiger partial charge on any atom is 0.227 e. The Labute approximate surface area is 77.3 Å². The molecule has 0 unspecified atom stereocenters. The molecule has 0 bridgehead atoms. The minimum atomic E-state index is 0.325. The molecule has 1 aromatic heterocycles. The summed E-state index contributed by atoms with van der Waals surface area (Å²) < 4.78 is 7.71. The summed E-state index contributed by atoms with van der Waals surface area (Å²) in [5.41, 5.74) is 0. The van der Waals surface area contributed by atoms with E-state index in [-0.39, 0.29) is 0 Å².